The van der Waals surface area contributed by atoms with Gasteiger partial charge in [0, 0.05) is 11.4 Å². The number of carbonyl (C=O) groups excluding carboxylic acids is 1. The molecule has 0 amide bonds. The van der Waals surface area contributed by atoms with E-state index in [0.717, 1.165) is 22.3 Å². The van der Waals surface area contributed by atoms with Crippen molar-refractivity contribution in [2.45, 2.75) is 27.7 Å². The summed E-state index contributed by atoms with van der Waals surface area (Å²) in [6, 6.07) is 3.98. The molecule has 0 N–H and O–H groups in total. The van der Waals surface area contributed by atoms with Crippen LogP contribution in [-0.2, 0) is 4.79 Å². The highest BCUT2D eigenvalue weighted by atomic mass is 16.1. The van der Waals surface area contributed by atoms with E-state index in [4.69, 9.17) is 5.41 Å². The zero-order chi connectivity index (χ0) is 11.6. The summed E-state index contributed by atoms with van der Waals surface area (Å²) < 4.78 is 0. The minimum absolute atomic E-state index is 0.174. The normalized spacial score (nSPS) is 9.60. The van der Waals surface area contributed by atoms with Gasteiger partial charge in [0.2, 0.25) is 0 Å². The van der Waals surface area contributed by atoms with E-state index in [9.17, 15) is 4.79 Å². The molecule has 0 heterocycles. The zero-order valence-electron chi connectivity index (χ0n) is 9.51. The van der Waals surface area contributed by atoms with Gasteiger partial charge in [0.15, 0.2) is 5.78 Å². The van der Waals surface area contributed by atoms with Crippen LogP contribution in [0, 0.1) is 20.8 Å². The van der Waals surface area contributed by atoms with E-state index in [1.807, 2.05) is 38.8 Å². The summed E-state index contributed by atoms with van der Waals surface area (Å²) in [4.78, 5) is 11.3. The number of nitrogens with zero attached hydrogens (tertiary/aromatic N) is 1. The molecule has 1 radical (unpaired) electrons. The quantitative estimate of drug-likeness (QED) is 0.532. The first-order chi connectivity index (χ1) is 6.97. The highest BCUT2D eigenvalue weighted by molar-refractivity contribution is 6.28. The highest BCUT2D eigenvalue weighted by Crippen LogP contribution is 2.23. The van der Waals surface area contributed by atoms with Crippen LogP contribution in [0.25, 0.3) is 5.57 Å². The topological polar surface area (TPSA) is 39.4 Å². The van der Waals surface area contributed by atoms with E-state index in [0.29, 0.717) is 0 Å². The second kappa shape index (κ2) is 4.24. The zero-order valence-corrected chi connectivity index (χ0v) is 9.51. The maximum atomic E-state index is 11.3. The standard InChI is InChI=1S/C13H14NO/c1-8-5-9(2)13(10(3)6-8)12(7-14)11(4)15/h5-6H,1-4H3. The first-order valence-electron chi connectivity index (χ1n) is 4.83. The molecule has 1 aromatic rings. The molecule has 0 aliphatic carbocycles. The fraction of sp³-hybridized carbons (Fsp3) is 0.308. The molecule has 0 saturated heterocycles. The maximum absolute atomic E-state index is 11.3. The van der Waals surface area contributed by atoms with E-state index in [2.05, 4.69) is 0 Å². The Morgan fingerprint density at radius 2 is 1.67 bits per heavy atom. The van der Waals surface area contributed by atoms with E-state index >= 15 is 0 Å². The van der Waals surface area contributed by atoms with Crippen molar-refractivity contribution < 1.29 is 4.79 Å². The van der Waals surface area contributed by atoms with Crippen LogP contribution in [0.2, 0.25) is 0 Å². The summed E-state index contributed by atoms with van der Waals surface area (Å²) in [5.41, 5.74) is 4.16. The number of allylic oxidation sites excluding steroid dienone is 1. The lowest BCUT2D eigenvalue weighted by Gasteiger charge is -2.10. The van der Waals surface area contributed by atoms with Gasteiger partial charge in [-0.15, -0.1) is 0 Å². The van der Waals surface area contributed by atoms with Crippen LogP contribution >= 0.6 is 0 Å². The number of rotatable bonds is 2. The summed E-state index contributed by atoms with van der Waals surface area (Å²) in [5.74, 6) is 1.81. The van der Waals surface area contributed by atoms with Crippen molar-refractivity contribution in [1.82, 2.24) is 5.41 Å². The lowest BCUT2D eigenvalue weighted by atomic mass is 9.93. The van der Waals surface area contributed by atoms with E-state index in [-0.39, 0.29) is 11.4 Å². The molecular formula is C13H14NO. The Balaban J connectivity index is 3.50. The largest absolute Gasteiger partial charge is 0.294 e. The minimum atomic E-state index is -0.174. The Bertz CT molecular complexity index is 442. The van der Waals surface area contributed by atoms with Crippen molar-refractivity contribution >= 4 is 17.2 Å². The first-order valence-corrected chi connectivity index (χ1v) is 4.83. The molecule has 2 nitrogen and oxygen atoms in total. The summed E-state index contributed by atoms with van der Waals surface area (Å²) in [7, 11) is 0. The van der Waals surface area contributed by atoms with Crippen LogP contribution < -0.4 is 5.41 Å². The Labute approximate surface area is 90.1 Å². The summed E-state index contributed by atoms with van der Waals surface area (Å²) in [6.45, 7) is 7.28. The number of hydrogen-bond donors (Lipinski definition) is 0. The molecule has 77 valence electrons. The number of benzene rings is 1. The average molecular weight is 200 g/mol. The maximum Gasteiger partial charge on any atom is 0.169 e. The van der Waals surface area contributed by atoms with Gasteiger partial charge in [0.05, 0.1) is 5.57 Å². The highest BCUT2D eigenvalue weighted by Gasteiger charge is 2.13. The summed E-state index contributed by atoms with van der Waals surface area (Å²) >= 11 is 0. The molecule has 0 saturated carbocycles. The van der Waals surface area contributed by atoms with Gasteiger partial charge in [-0.3, -0.25) is 4.79 Å². The van der Waals surface area contributed by atoms with E-state index in [1.165, 1.54) is 6.92 Å². The van der Waals surface area contributed by atoms with E-state index in [1.54, 1.807) is 0 Å². The van der Waals surface area contributed by atoms with Gasteiger partial charge in [-0.25, -0.2) is 0 Å². The minimum Gasteiger partial charge on any atom is -0.294 e. The average Bonchev–Trinajstić information content (AvgIpc) is 2.09. The molecule has 0 fully saturated rings. The molecule has 2 heteroatoms. The number of hydrogen-bond acceptors (Lipinski definition) is 1. The fourth-order valence-corrected chi connectivity index (χ4v) is 1.89. The molecular weight excluding hydrogens is 186 g/mol. The van der Waals surface area contributed by atoms with Crippen LogP contribution in [0.15, 0.2) is 12.1 Å². The van der Waals surface area contributed by atoms with Crippen molar-refractivity contribution in [1.29, 1.82) is 0 Å². The van der Waals surface area contributed by atoms with Crippen LogP contribution in [0.5, 0.6) is 0 Å². The van der Waals surface area contributed by atoms with Crippen molar-refractivity contribution in [2.75, 3.05) is 0 Å². The first kappa shape index (κ1) is 11.4. The molecule has 1 rings (SSSR count). The van der Waals surface area contributed by atoms with Gasteiger partial charge in [-0.1, -0.05) is 23.1 Å². The molecule has 0 bridgehead atoms. The Kier molecular flexibility index (Phi) is 3.23. The number of ketones is 1. The second-order valence-corrected chi connectivity index (χ2v) is 3.82. The van der Waals surface area contributed by atoms with Gasteiger partial charge in [-0.2, -0.15) is 0 Å². The summed E-state index contributed by atoms with van der Waals surface area (Å²) in [6.07, 6.45) is 0. The Hall–Kier alpha value is -1.66. The predicted octanol–water partition coefficient (Wildman–Crippen LogP) is 2.05. The van der Waals surface area contributed by atoms with Crippen LogP contribution in [-0.4, -0.2) is 11.7 Å². The monoisotopic (exact) mass is 200 g/mol. The smallest absolute Gasteiger partial charge is 0.169 e. The molecule has 0 spiro atoms. The van der Waals surface area contributed by atoms with E-state index < -0.39 is 0 Å². The van der Waals surface area contributed by atoms with Crippen molar-refractivity contribution in [3.8, 4) is 0 Å². The molecule has 0 aliphatic rings. The van der Waals surface area contributed by atoms with Crippen LogP contribution in [0.4, 0.5) is 0 Å². The van der Waals surface area contributed by atoms with Crippen LogP contribution in [0.3, 0.4) is 0 Å². The third kappa shape index (κ3) is 2.23. The van der Waals surface area contributed by atoms with Gasteiger partial charge in [-0.05, 0) is 38.8 Å². The van der Waals surface area contributed by atoms with Crippen molar-refractivity contribution in [3.63, 3.8) is 0 Å². The molecule has 0 aromatic heterocycles. The van der Waals surface area contributed by atoms with Gasteiger partial charge in [0.25, 0.3) is 0 Å². The number of aryl methyl sites for hydroxylation is 3. The lowest BCUT2D eigenvalue weighted by Crippen LogP contribution is -2.02. The number of Topliss-reactive ketones (excluding diaryl/α,β-unsaturated/α-hetero) is 1. The predicted molar refractivity (Wildman–Crippen MR) is 61.9 cm³/mol. The molecule has 0 atom stereocenters. The second-order valence-electron chi connectivity index (χ2n) is 3.82. The molecule has 0 unspecified atom stereocenters. The fourth-order valence-electron chi connectivity index (χ4n) is 1.89. The SMILES string of the molecule is CC(=O)C(=C=[N])c1c(C)cc(C)cc1C. The molecule has 0 aliphatic heterocycles. The lowest BCUT2D eigenvalue weighted by molar-refractivity contribution is -0.111. The van der Waals surface area contributed by atoms with Gasteiger partial charge < -0.3 is 0 Å². The Morgan fingerprint density at radius 3 is 2.00 bits per heavy atom. The van der Waals surface area contributed by atoms with Crippen molar-refractivity contribution in [2.24, 2.45) is 0 Å². The summed E-state index contributed by atoms with van der Waals surface area (Å²) in [5, 5.41) is 8.96. The van der Waals surface area contributed by atoms with Crippen LogP contribution in [0.1, 0.15) is 29.2 Å². The Morgan fingerprint density at radius 1 is 1.20 bits per heavy atom. The number of carbonyl (C=O) groups is 1. The third-order valence-electron chi connectivity index (χ3n) is 2.39. The van der Waals surface area contributed by atoms with Crippen molar-refractivity contribution in [3.05, 3.63) is 34.4 Å². The van der Waals surface area contributed by atoms with Gasteiger partial charge >= 0.3 is 0 Å². The molecule has 1 aromatic carbocycles. The molecule has 15 heavy (non-hydrogen) atoms. The van der Waals surface area contributed by atoms with Gasteiger partial charge in [0.1, 0.15) is 0 Å². The third-order valence-corrected chi connectivity index (χ3v) is 2.39.